The molecule has 3 unspecified atom stereocenters. The number of likely N-dealkylation sites (tertiary alicyclic amines) is 2. The van der Waals surface area contributed by atoms with Gasteiger partial charge in [0.15, 0.2) is 5.96 Å². The Kier molecular flexibility index (Phi) is 9.36. The molecule has 1 N–H and O–H groups in total. The van der Waals surface area contributed by atoms with E-state index in [-0.39, 0.29) is 24.0 Å². The molecule has 1 aromatic carbocycles. The van der Waals surface area contributed by atoms with Crippen LogP contribution in [-0.4, -0.2) is 62.1 Å². The standard InChI is InChI=1S/C22H36N4.HI/c1-18-13-19(2)16-26(15-18)22(23-3)24-14-21-10-12-25(17-21)11-9-20-7-5-4-6-8-20;/h4-8,18-19,21H,9-17H2,1-3H3,(H,23,24);1H. The molecule has 27 heavy (non-hydrogen) atoms. The SMILES string of the molecule is CN=C(NCC1CCN(CCc2ccccc2)C1)N1CC(C)CC(C)C1.I. The van der Waals surface area contributed by atoms with E-state index < -0.39 is 0 Å². The Balaban J connectivity index is 0.00000261. The summed E-state index contributed by atoms with van der Waals surface area (Å²) in [4.78, 5) is 9.63. The molecule has 0 bridgehead atoms. The van der Waals surface area contributed by atoms with Gasteiger partial charge in [0.05, 0.1) is 0 Å². The summed E-state index contributed by atoms with van der Waals surface area (Å²) in [6.45, 7) is 11.7. The summed E-state index contributed by atoms with van der Waals surface area (Å²) >= 11 is 0. The third-order valence-corrected chi connectivity index (χ3v) is 5.86. The smallest absolute Gasteiger partial charge is 0.193 e. The Bertz CT molecular complexity index is 567. The molecule has 2 heterocycles. The third kappa shape index (κ3) is 6.93. The van der Waals surface area contributed by atoms with E-state index in [4.69, 9.17) is 0 Å². The highest BCUT2D eigenvalue weighted by Crippen LogP contribution is 2.21. The van der Waals surface area contributed by atoms with Crippen LogP contribution >= 0.6 is 24.0 Å². The second-order valence-corrected chi connectivity index (χ2v) is 8.47. The van der Waals surface area contributed by atoms with Gasteiger partial charge >= 0.3 is 0 Å². The first kappa shape index (κ1) is 22.5. The van der Waals surface area contributed by atoms with E-state index in [0.29, 0.717) is 0 Å². The van der Waals surface area contributed by atoms with Crippen molar-refractivity contribution in [1.29, 1.82) is 0 Å². The molecular formula is C22H37IN4. The summed E-state index contributed by atoms with van der Waals surface area (Å²) in [5, 5.41) is 3.67. The lowest BCUT2D eigenvalue weighted by Gasteiger charge is -2.37. The van der Waals surface area contributed by atoms with Gasteiger partial charge < -0.3 is 15.1 Å². The Morgan fingerprint density at radius 1 is 1.11 bits per heavy atom. The topological polar surface area (TPSA) is 30.9 Å². The maximum absolute atomic E-state index is 4.55. The van der Waals surface area contributed by atoms with Crippen molar-refractivity contribution >= 4 is 29.9 Å². The lowest BCUT2D eigenvalue weighted by molar-refractivity contribution is 0.208. The predicted octanol–water partition coefficient (Wildman–Crippen LogP) is 3.72. The largest absolute Gasteiger partial charge is 0.356 e. The molecule has 2 saturated heterocycles. The lowest BCUT2D eigenvalue weighted by Crippen LogP contribution is -2.49. The third-order valence-electron chi connectivity index (χ3n) is 5.86. The minimum atomic E-state index is 0. The van der Waals surface area contributed by atoms with Gasteiger partial charge in [0.1, 0.15) is 0 Å². The molecule has 152 valence electrons. The van der Waals surface area contributed by atoms with E-state index in [1.54, 1.807) is 0 Å². The van der Waals surface area contributed by atoms with E-state index in [1.165, 1.54) is 38.0 Å². The quantitative estimate of drug-likeness (QED) is 0.393. The molecule has 0 aromatic heterocycles. The number of rotatable bonds is 5. The van der Waals surface area contributed by atoms with E-state index >= 15 is 0 Å². The van der Waals surface area contributed by atoms with E-state index in [1.807, 2.05) is 7.05 Å². The fourth-order valence-corrected chi connectivity index (χ4v) is 4.62. The van der Waals surface area contributed by atoms with Crippen LogP contribution in [0.5, 0.6) is 0 Å². The zero-order valence-corrected chi connectivity index (χ0v) is 19.6. The molecule has 2 fully saturated rings. The summed E-state index contributed by atoms with van der Waals surface area (Å²) in [7, 11) is 1.92. The van der Waals surface area contributed by atoms with Gasteiger partial charge in [0.2, 0.25) is 0 Å². The molecule has 0 spiro atoms. The number of piperidine rings is 1. The molecule has 1 aromatic rings. The molecule has 2 aliphatic heterocycles. The number of benzene rings is 1. The van der Waals surface area contributed by atoms with Crippen molar-refractivity contribution in [3.05, 3.63) is 35.9 Å². The Morgan fingerprint density at radius 3 is 2.48 bits per heavy atom. The van der Waals surface area contributed by atoms with Crippen molar-refractivity contribution < 1.29 is 0 Å². The van der Waals surface area contributed by atoms with Crippen LogP contribution in [0.2, 0.25) is 0 Å². The molecule has 0 amide bonds. The van der Waals surface area contributed by atoms with Gasteiger partial charge in [-0.15, -0.1) is 24.0 Å². The van der Waals surface area contributed by atoms with Crippen LogP contribution in [0.25, 0.3) is 0 Å². The van der Waals surface area contributed by atoms with Crippen LogP contribution in [0, 0.1) is 17.8 Å². The number of nitrogens with one attached hydrogen (secondary N) is 1. The minimum absolute atomic E-state index is 0. The average Bonchev–Trinajstić information content (AvgIpc) is 3.08. The first-order valence-corrected chi connectivity index (χ1v) is 10.4. The van der Waals surface area contributed by atoms with Crippen molar-refractivity contribution in [2.75, 3.05) is 46.3 Å². The van der Waals surface area contributed by atoms with Gasteiger partial charge in [-0.1, -0.05) is 44.2 Å². The molecule has 0 saturated carbocycles. The molecule has 0 radical (unpaired) electrons. The number of aliphatic imine (C=N–C) groups is 1. The number of nitrogens with zero attached hydrogens (tertiary/aromatic N) is 3. The Labute approximate surface area is 182 Å². The maximum Gasteiger partial charge on any atom is 0.193 e. The summed E-state index contributed by atoms with van der Waals surface area (Å²) in [5.41, 5.74) is 1.45. The van der Waals surface area contributed by atoms with Gasteiger partial charge in [-0.3, -0.25) is 4.99 Å². The highest BCUT2D eigenvalue weighted by atomic mass is 127. The summed E-state index contributed by atoms with van der Waals surface area (Å²) < 4.78 is 0. The fraction of sp³-hybridized carbons (Fsp3) is 0.682. The van der Waals surface area contributed by atoms with Gasteiger partial charge in [-0.25, -0.2) is 0 Å². The van der Waals surface area contributed by atoms with Crippen molar-refractivity contribution in [2.45, 2.75) is 33.1 Å². The zero-order valence-electron chi connectivity index (χ0n) is 17.2. The van der Waals surface area contributed by atoms with Crippen molar-refractivity contribution in [3.8, 4) is 0 Å². The van der Waals surface area contributed by atoms with Crippen LogP contribution < -0.4 is 5.32 Å². The maximum atomic E-state index is 4.55. The molecule has 3 rings (SSSR count). The highest BCUT2D eigenvalue weighted by molar-refractivity contribution is 14.0. The molecule has 5 heteroatoms. The first-order valence-electron chi connectivity index (χ1n) is 10.4. The second-order valence-electron chi connectivity index (χ2n) is 8.47. The van der Waals surface area contributed by atoms with Crippen LogP contribution in [0.3, 0.4) is 0 Å². The first-order chi connectivity index (χ1) is 12.6. The fourth-order valence-electron chi connectivity index (χ4n) is 4.62. The lowest BCUT2D eigenvalue weighted by atomic mass is 9.92. The number of guanidine groups is 1. The van der Waals surface area contributed by atoms with E-state index in [0.717, 1.165) is 49.8 Å². The predicted molar refractivity (Wildman–Crippen MR) is 126 cm³/mol. The van der Waals surface area contributed by atoms with Gasteiger partial charge in [0, 0.05) is 39.8 Å². The number of halogens is 1. The van der Waals surface area contributed by atoms with E-state index in [2.05, 4.69) is 64.3 Å². The highest BCUT2D eigenvalue weighted by Gasteiger charge is 2.26. The molecule has 2 aliphatic rings. The molecule has 3 atom stereocenters. The van der Waals surface area contributed by atoms with Crippen molar-refractivity contribution in [2.24, 2.45) is 22.7 Å². The Hall–Kier alpha value is -0.820. The van der Waals surface area contributed by atoms with Crippen LogP contribution in [-0.2, 0) is 6.42 Å². The van der Waals surface area contributed by atoms with E-state index in [9.17, 15) is 0 Å². The molecule has 0 aliphatic carbocycles. The van der Waals surface area contributed by atoms with Gasteiger partial charge in [-0.05, 0) is 49.1 Å². The van der Waals surface area contributed by atoms with Gasteiger partial charge in [0.25, 0.3) is 0 Å². The van der Waals surface area contributed by atoms with Gasteiger partial charge in [-0.2, -0.15) is 0 Å². The monoisotopic (exact) mass is 484 g/mol. The van der Waals surface area contributed by atoms with Crippen molar-refractivity contribution in [1.82, 2.24) is 15.1 Å². The van der Waals surface area contributed by atoms with Crippen molar-refractivity contribution in [3.63, 3.8) is 0 Å². The summed E-state index contributed by atoms with van der Waals surface area (Å²) in [6.07, 6.45) is 3.80. The molecule has 4 nitrogen and oxygen atoms in total. The minimum Gasteiger partial charge on any atom is -0.356 e. The zero-order chi connectivity index (χ0) is 18.4. The normalized spacial score (nSPS) is 26.7. The van der Waals surface area contributed by atoms with Crippen LogP contribution in [0.4, 0.5) is 0 Å². The molecular weight excluding hydrogens is 447 g/mol. The Morgan fingerprint density at radius 2 is 1.81 bits per heavy atom. The summed E-state index contributed by atoms with van der Waals surface area (Å²) in [6, 6.07) is 10.8. The van der Waals surface area contributed by atoms with Crippen LogP contribution in [0.1, 0.15) is 32.3 Å². The van der Waals surface area contributed by atoms with Crippen LogP contribution in [0.15, 0.2) is 35.3 Å². The summed E-state index contributed by atoms with van der Waals surface area (Å²) in [5.74, 6) is 3.36. The number of hydrogen-bond donors (Lipinski definition) is 1. The second kappa shape index (κ2) is 11.2. The number of hydrogen-bond acceptors (Lipinski definition) is 2. The average molecular weight is 484 g/mol.